The molecule has 3 rings (SSSR count). The van der Waals surface area contributed by atoms with E-state index in [4.69, 9.17) is 9.72 Å². The van der Waals surface area contributed by atoms with Crippen molar-refractivity contribution in [2.45, 2.75) is 39.7 Å². The summed E-state index contributed by atoms with van der Waals surface area (Å²) in [6, 6.07) is 2.41. The van der Waals surface area contributed by atoms with E-state index in [1.54, 1.807) is 18.6 Å². The summed E-state index contributed by atoms with van der Waals surface area (Å²) in [7, 11) is 2.12. The molecule has 0 amide bonds. The Labute approximate surface area is 196 Å². The van der Waals surface area contributed by atoms with Gasteiger partial charge in [0, 0.05) is 37.7 Å². The lowest BCUT2D eigenvalue weighted by atomic mass is 10.1. The fourth-order valence-corrected chi connectivity index (χ4v) is 4.09. The molecule has 1 atom stereocenters. The molecule has 3 heterocycles. The molecule has 1 aliphatic rings. The smallest absolute Gasteiger partial charge is 0.235 e. The second-order valence-electron chi connectivity index (χ2n) is 8.56. The van der Waals surface area contributed by atoms with Crippen LogP contribution in [-0.4, -0.2) is 74.3 Å². The Bertz CT molecular complexity index is 983. The first-order valence-electron chi connectivity index (χ1n) is 11.5. The zero-order valence-corrected chi connectivity index (χ0v) is 20.2. The molecule has 1 N–H and O–H groups in total. The molecule has 2 aromatic rings. The van der Waals surface area contributed by atoms with Crippen LogP contribution in [0.5, 0.6) is 0 Å². The fraction of sp³-hybridized carbons (Fsp3) is 0.480. The Morgan fingerprint density at radius 2 is 2.18 bits per heavy atom. The quantitative estimate of drug-likeness (QED) is 0.408. The molecule has 8 nitrogen and oxygen atoms in total. The highest BCUT2D eigenvalue weighted by molar-refractivity contribution is 5.24. The lowest BCUT2D eigenvalue weighted by molar-refractivity contribution is 0.209. The molecule has 0 aliphatic carbocycles. The van der Waals surface area contributed by atoms with Crippen molar-refractivity contribution in [3.8, 4) is 5.95 Å². The summed E-state index contributed by atoms with van der Waals surface area (Å²) in [5.41, 5.74) is 3.21. The molecule has 1 unspecified atom stereocenters. The molecule has 0 spiro atoms. The van der Waals surface area contributed by atoms with Crippen LogP contribution in [-0.2, 0) is 4.74 Å². The number of aromatic nitrogens is 4. The standard InChI is InChI=1S/C25H36N6O2/c1-6-33-21(4)24(32)10-9-19(2)17-29(5)14-15-30-12-7-8-23(30)22-16-20(3)27-25(28-22)31-13-11-26-18-31/h9-11,13,16,18,23,32H,4,6-8,12,14-15,17H2,1-3,5H3/b19-9+,24-10+. The molecule has 0 aromatic carbocycles. The fourth-order valence-electron chi connectivity index (χ4n) is 4.09. The number of imidazole rings is 1. The molecule has 2 aromatic heterocycles. The summed E-state index contributed by atoms with van der Waals surface area (Å²) in [5.74, 6) is 1.04. The second kappa shape index (κ2) is 11.8. The number of nitrogens with zero attached hydrogens (tertiary/aromatic N) is 6. The molecule has 0 bridgehead atoms. The van der Waals surface area contributed by atoms with Crippen LogP contribution in [0, 0.1) is 6.92 Å². The third kappa shape index (κ3) is 7.00. The Hall–Kier alpha value is -2.97. The maximum absolute atomic E-state index is 9.97. The predicted octanol–water partition coefficient (Wildman–Crippen LogP) is 3.98. The van der Waals surface area contributed by atoms with Crippen molar-refractivity contribution in [1.82, 2.24) is 29.3 Å². The molecule has 1 saturated heterocycles. The summed E-state index contributed by atoms with van der Waals surface area (Å²) in [6.07, 6.45) is 11.2. The van der Waals surface area contributed by atoms with Crippen molar-refractivity contribution in [2.24, 2.45) is 0 Å². The van der Waals surface area contributed by atoms with Gasteiger partial charge in [-0.05, 0) is 59.3 Å². The minimum Gasteiger partial charge on any atom is -0.504 e. The van der Waals surface area contributed by atoms with E-state index in [1.165, 1.54) is 6.42 Å². The van der Waals surface area contributed by atoms with Gasteiger partial charge in [0.25, 0.3) is 0 Å². The number of hydrogen-bond donors (Lipinski definition) is 1. The van der Waals surface area contributed by atoms with Gasteiger partial charge < -0.3 is 14.7 Å². The van der Waals surface area contributed by atoms with Crippen LogP contribution in [0.15, 0.2) is 60.6 Å². The van der Waals surface area contributed by atoms with Gasteiger partial charge in [0.2, 0.25) is 5.95 Å². The second-order valence-corrected chi connectivity index (χ2v) is 8.56. The van der Waals surface area contributed by atoms with Crippen LogP contribution in [0.3, 0.4) is 0 Å². The van der Waals surface area contributed by atoms with E-state index in [-0.39, 0.29) is 5.76 Å². The van der Waals surface area contributed by atoms with Gasteiger partial charge in [-0.25, -0.2) is 15.0 Å². The van der Waals surface area contributed by atoms with Crippen molar-refractivity contribution in [3.63, 3.8) is 0 Å². The molecule has 178 valence electrons. The van der Waals surface area contributed by atoms with Crippen molar-refractivity contribution in [1.29, 1.82) is 0 Å². The third-order valence-electron chi connectivity index (χ3n) is 5.72. The lowest BCUT2D eigenvalue weighted by Crippen LogP contribution is -2.34. The van der Waals surface area contributed by atoms with Crippen LogP contribution in [0.1, 0.15) is 44.1 Å². The van der Waals surface area contributed by atoms with Gasteiger partial charge >= 0.3 is 0 Å². The Kier molecular flexibility index (Phi) is 8.79. The van der Waals surface area contributed by atoms with Crippen molar-refractivity contribution in [2.75, 3.05) is 39.8 Å². The van der Waals surface area contributed by atoms with Crippen molar-refractivity contribution < 1.29 is 9.84 Å². The van der Waals surface area contributed by atoms with E-state index >= 15 is 0 Å². The Balaban J connectivity index is 1.57. The first kappa shape index (κ1) is 24.7. The van der Waals surface area contributed by atoms with Crippen LogP contribution in [0.2, 0.25) is 0 Å². The molecule has 33 heavy (non-hydrogen) atoms. The lowest BCUT2D eigenvalue weighted by Gasteiger charge is -2.27. The zero-order chi connectivity index (χ0) is 23.8. The average molecular weight is 453 g/mol. The van der Waals surface area contributed by atoms with Crippen LogP contribution < -0.4 is 0 Å². The molecule has 0 saturated carbocycles. The van der Waals surface area contributed by atoms with E-state index in [2.05, 4.69) is 46.4 Å². The average Bonchev–Trinajstić information content (AvgIpc) is 3.48. The van der Waals surface area contributed by atoms with Gasteiger partial charge in [0.05, 0.1) is 18.3 Å². The number of hydrogen-bond acceptors (Lipinski definition) is 7. The van der Waals surface area contributed by atoms with Gasteiger partial charge in [-0.2, -0.15) is 0 Å². The van der Waals surface area contributed by atoms with E-state index in [9.17, 15) is 5.11 Å². The Morgan fingerprint density at radius 1 is 1.36 bits per heavy atom. The molecular formula is C25H36N6O2. The summed E-state index contributed by atoms with van der Waals surface area (Å²) in [6.45, 7) is 14.0. The zero-order valence-electron chi connectivity index (χ0n) is 20.2. The molecule has 0 radical (unpaired) electrons. The highest BCUT2D eigenvalue weighted by Crippen LogP contribution is 2.31. The molecular weight excluding hydrogens is 416 g/mol. The van der Waals surface area contributed by atoms with Gasteiger partial charge in [-0.1, -0.05) is 18.2 Å². The minimum absolute atomic E-state index is 0.0639. The van der Waals surface area contributed by atoms with Gasteiger partial charge in [0.1, 0.15) is 6.33 Å². The summed E-state index contributed by atoms with van der Waals surface area (Å²) < 4.78 is 7.08. The van der Waals surface area contributed by atoms with E-state index in [0.717, 1.165) is 49.6 Å². The number of aliphatic hydroxyl groups is 1. The number of likely N-dealkylation sites (tertiary alicyclic amines) is 1. The normalized spacial score (nSPS) is 17.7. The summed E-state index contributed by atoms with van der Waals surface area (Å²) in [4.78, 5) is 18.4. The van der Waals surface area contributed by atoms with Gasteiger partial charge in [-0.3, -0.25) is 9.47 Å². The number of ether oxygens (including phenoxy) is 1. The van der Waals surface area contributed by atoms with E-state index in [0.29, 0.717) is 24.4 Å². The molecule has 1 fully saturated rings. The van der Waals surface area contributed by atoms with Crippen LogP contribution >= 0.6 is 0 Å². The monoisotopic (exact) mass is 452 g/mol. The summed E-state index contributed by atoms with van der Waals surface area (Å²) in [5, 5.41) is 9.97. The van der Waals surface area contributed by atoms with Crippen molar-refractivity contribution >= 4 is 0 Å². The van der Waals surface area contributed by atoms with Gasteiger partial charge in [0.15, 0.2) is 11.5 Å². The highest BCUT2D eigenvalue weighted by atomic mass is 16.5. The number of allylic oxidation sites excluding steroid dienone is 2. The van der Waals surface area contributed by atoms with E-state index in [1.807, 2.05) is 30.7 Å². The Morgan fingerprint density at radius 3 is 2.91 bits per heavy atom. The number of likely N-dealkylation sites (N-methyl/N-ethyl adjacent to an activating group) is 1. The number of aryl methyl sites for hydroxylation is 1. The SMILES string of the molecule is C=C(OCC)/C(O)=C\C=C(/C)CN(C)CCN1CCCC1c1cc(C)nc(-n2ccnc2)n1. The topological polar surface area (TPSA) is 79.5 Å². The van der Waals surface area contributed by atoms with Crippen LogP contribution in [0.4, 0.5) is 0 Å². The first-order valence-corrected chi connectivity index (χ1v) is 11.5. The van der Waals surface area contributed by atoms with Crippen molar-refractivity contribution in [3.05, 3.63) is 72.0 Å². The van der Waals surface area contributed by atoms with Crippen LogP contribution in [0.25, 0.3) is 5.95 Å². The van der Waals surface area contributed by atoms with Gasteiger partial charge in [-0.15, -0.1) is 0 Å². The molecule has 1 aliphatic heterocycles. The van der Waals surface area contributed by atoms with E-state index < -0.39 is 0 Å². The minimum atomic E-state index is 0.0639. The third-order valence-corrected chi connectivity index (χ3v) is 5.72. The maximum Gasteiger partial charge on any atom is 0.235 e. The predicted molar refractivity (Wildman–Crippen MR) is 130 cm³/mol. The number of aliphatic hydroxyl groups excluding tert-OH is 1. The number of rotatable bonds is 11. The maximum atomic E-state index is 9.97. The highest BCUT2D eigenvalue weighted by Gasteiger charge is 2.27. The molecule has 8 heteroatoms. The summed E-state index contributed by atoms with van der Waals surface area (Å²) >= 11 is 0. The largest absolute Gasteiger partial charge is 0.504 e. The first-order chi connectivity index (χ1) is 15.9.